The van der Waals surface area contributed by atoms with Crippen LogP contribution in [0, 0.1) is 13.8 Å². The number of carbonyl (C=O) groups excluding carboxylic acids is 1. The van der Waals surface area contributed by atoms with Gasteiger partial charge in [-0.05, 0) is 57.0 Å². The number of amides is 1. The summed E-state index contributed by atoms with van der Waals surface area (Å²) >= 11 is 0. The number of rotatable bonds is 8. The molecule has 1 heterocycles. The number of nitrogens with one attached hydrogen (secondary N) is 1. The van der Waals surface area contributed by atoms with Gasteiger partial charge in [0.05, 0.1) is 25.0 Å². The van der Waals surface area contributed by atoms with Crippen molar-refractivity contribution in [2.24, 2.45) is 5.10 Å². The van der Waals surface area contributed by atoms with Gasteiger partial charge in [0.15, 0.2) is 11.5 Å². The SMILES string of the molecule is CCCOc1ccc(/C=N\NC(=O)c2cc(C)oc2C)cc1OCC. The van der Waals surface area contributed by atoms with E-state index in [-0.39, 0.29) is 5.91 Å². The highest BCUT2D eigenvalue weighted by Gasteiger charge is 2.12. The Hall–Kier alpha value is -2.76. The van der Waals surface area contributed by atoms with E-state index in [1.54, 1.807) is 26.1 Å². The van der Waals surface area contributed by atoms with Crippen LogP contribution in [0.15, 0.2) is 33.8 Å². The second kappa shape index (κ2) is 8.92. The molecule has 0 fully saturated rings. The highest BCUT2D eigenvalue weighted by atomic mass is 16.5. The molecule has 2 aromatic rings. The molecule has 0 radical (unpaired) electrons. The molecule has 1 amide bonds. The lowest BCUT2D eigenvalue weighted by Gasteiger charge is -2.11. The fraction of sp³-hybridized carbons (Fsp3) is 0.368. The topological polar surface area (TPSA) is 73.1 Å². The van der Waals surface area contributed by atoms with Crippen molar-refractivity contribution in [1.82, 2.24) is 5.43 Å². The van der Waals surface area contributed by atoms with Crippen molar-refractivity contribution in [2.45, 2.75) is 34.1 Å². The van der Waals surface area contributed by atoms with E-state index in [9.17, 15) is 4.79 Å². The summed E-state index contributed by atoms with van der Waals surface area (Å²) in [5, 5.41) is 4.00. The number of ether oxygens (including phenoxy) is 2. The van der Waals surface area contributed by atoms with Crippen LogP contribution < -0.4 is 14.9 Å². The van der Waals surface area contributed by atoms with Crippen molar-refractivity contribution in [3.8, 4) is 11.5 Å². The third-order valence-electron chi connectivity index (χ3n) is 3.39. The summed E-state index contributed by atoms with van der Waals surface area (Å²) in [7, 11) is 0. The molecule has 25 heavy (non-hydrogen) atoms. The maximum Gasteiger partial charge on any atom is 0.274 e. The average molecular weight is 344 g/mol. The predicted octanol–water partition coefficient (Wildman–Crippen LogP) is 3.85. The Bertz CT molecular complexity index is 750. The second-order valence-corrected chi connectivity index (χ2v) is 5.51. The lowest BCUT2D eigenvalue weighted by molar-refractivity contribution is 0.0953. The number of hydrazone groups is 1. The standard InChI is InChI=1S/C19H24N2O4/c1-5-9-24-17-8-7-15(11-18(17)23-6-2)12-20-21-19(22)16-10-13(3)25-14(16)4/h7-8,10-12H,5-6,9H2,1-4H3,(H,21,22)/b20-12-. The van der Waals surface area contributed by atoms with E-state index in [1.807, 2.05) is 32.0 Å². The molecule has 0 saturated carbocycles. The van der Waals surface area contributed by atoms with Crippen LogP contribution in [0.5, 0.6) is 11.5 Å². The number of furan rings is 1. The van der Waals surface area contributed by atoms with Gasteiger partial charge in [-0.15, -0.1) is 0 Å². The maximum absolute atomic E-state index is 12.1. The van der Waals surface area contributed by atoms with Gasteiger partial charge in [0.2, 0.25) is 0 Å². The van der Waals surface area contributed by atoms with Crippen LogP contribution in [-0.4, -0.2) is 25.3 Å². The zero-order valence-corrected chi connectivity index (χ0v) is 15.1. The fourth-order valence-electron chi connectivity index (χ4n) is 2.29. The lowest BCUT2D eigenvalue weighted by Crippen LogP contribution is -2.17. The Morgan fingerprint density at radius 1 is 1.20 bits per heavy atom. The molecule has 0 aliphatic carbocycles. The molecule has 0 bridgehead atoms. The summed E-state index contributed by atoms with van der Waals surface area (Å²) < 4.78 is 16.6. The molecule has 1 aromatic carbocycles. The van der Waals surface area contributed by atoms with Crippen molar-refractivity contribution in [1.29, 1.82) is 0 Å². The molecule has 6 heteroatoms. The molecule has 0 spiro atoms. The van der Waals surface area contributed by atoms with E-state index in [2.05, 4.69) is 10.5 Å². The number of hydrogen-bond donors (Lipinski definition) is 1. The largest absolute Gasteiger partial charge is 0.490 e. The fourth-order valence-corrected chi connectivity index (χ4v) is 2.29. The normalized spacial score (nSPS) is 10.9. The molecule has 0 atom stereocenters. The first-order valence-electron chi connectivity index (χ1n) is 8.35. The summed E-state index contributed by atoms with van der Waals surface area (Å²) in [6.45, 7) is 8.68. The van der Waals surface area contributed by atoms with Gasteiger partial charge in [-0.3, -0.25) is 4.79 Å². The third kappa shape index (κ3) is 5.11. The van der Waals surface area contributed by atoms with Gasteiger partial charge in [-0.2, -0.15) is 5.10 Å². The van der Waals surface area contributed by atoms with Gasteiger partial charge in [-0.1, -0.05) is 6.92 Å². The summed E-state index contributed by atoms with van der Waals surface area (Å²) in [4.78, 5) is 12.1. The Morgan fingerprint density at radius 3 is 2.64 bits per heavy atom. The van der Waals surface area contributed by atoms with Gasteiger partial charge in [0.25, 0.3) is 5.91 Å². The Kier molecular flexibility index (Phi) is 6.62. The monoisotopic (exact) mass is 344 g/mol. The molecular formula is C19H24N2O4. The van der Waals surface area contributed by atoms with Crippen molar-refractivity contribution in [3.05, 3.63) is 46.9 Å². The Morgan fingerprint density at radius 2 is 2.00 bits per heavy atom. The summed E-state index contributed by atoms with van der Waals surface area (Å²) in [6, 6.07) is 7.22. The summed E-state index contributed by atoms with van der Waals surface area (Å²) in [5.41, 5.74) is 3.78. The van der Waals surface area contributed by atoms with E-state index in [4.69, 9.17) is 13.9 Å². The highest BCUT2D eigenvalue weighted by Crippen LogP contribution is 2.28. The molecular weight excluding hydrogens is 320 g/mol. The first-order chi connectivity index (χ1) is 12.0. The number of aryl methyl sites for hydroxylation is 2. The first kappa shape index (κ1) is 18.6. The second-order valence-electron chi connectivity index (χ2n) is 5.51. The van der Waals surface area contributed by atoms with Crippen LogP contribution >= 0.6 is 0 Å². The van der Waals surface area contributed by atoms with Gasteiger partial charge in [-0.25, -0.2) is 5.43 Å². The van der Waals surface area contributed by atoms with E-state index >= 15 is 0 Å². The van der Waals surface area contributed by atoms with Gasteiger partial charge < -0.3 is 13.9 Å². The molecule has 134 valence electrons. The highest BCUT2D eigenvalue weighted by molar-refractivity contribution is 5.95. The van der Waals surface area contributed by atoms with Crippen molar-refractivity contribution >= 4 is 12.1 Å². The minimum absolute atomic E-state index is 0.307. The minimum atomic E-state index is -0.307. The number of hydrogen-bond acceptors (Lipinski definition) is 5. The molecule has 1 aromatic heterocycles. The molecule has 0 aliphatic rings. The van der Waals surface area contributed by atoms with Crippen LogP contribution in [-0.2, 0) is 0 Å². The van der Waals surface area contributed by atoms with Crippen LogP contribution in [0.1, 0.15) is 47.7 Å². The van der Waals surface area contributed by atoms with E-state index in [0.29, 0.717) is 41.8 Å². The minimum Gasteiger partial charge on any atom is -0.490 e. The first-order valence-corrected chi connectivity index (χ1v) is 8.35. The molecule has 2 rings (SSSR count). The van der Waals surface area contributed by atoms with Crippen LogP contribution in [0.25, 0.3) is 0 Å². The Balaban J connectivity index is 2.05. The molecule has 1 N–H and O–H groups in total. The third-order valence-corrected chi connectivity index (χ3v) is 3.39. The zero-order valence-electron chi connectivity index (χ0n) is 15.1. The predicted molar refractivity (Wildman–Crippen MR) is 96.6 cm³/mol. The van der Waals surface area contributed by atoms with Crippen molar-refractivity contribution < 1.29 is 18.7 Å². The smallest absolute Gasteiger partial charge is 0.274 e. The molecule has 0 aliphatic heterocycles. The number of nitrogens with zero attached hydrogens (tertiary/aromatic N) is 1. The molecule has 0 unspecified atom stereocenters. The van der Waals surface area contributed by atoms with Crippen LogP contribution in [0.4, 0.5) is 0 Å². The lowest BCUT2D eigenvalue weighted by atomic mass is 10.2. The van der Waals surface area contributed by atoms with Crippen molar-refractivity contribution in [3.63, 3.8) is 0 Å². The van der Waals surface area contributed by atoms with E-state index in [1.165, 1.54) is 0 Å². The summed E-state index contributed by atoms with van der Waals surface area (Å²) in [5.74, 6) is 2.32. The average Bonchev–Trinajstić information content (AvgIpc) is 2.93. The van der Waals surface area contributed by atoms with E-state index < -0.39 is 0 Å². The van der Waals surface area contributed by atoms with Crippen LogP contribution in [0.3, 0.4) is 0 Å². The number of carbonyl (C=O) groups is 1. The Labute approximate surface area is 147 Å². The van der Waals surface area contributed by atoms with Gasteiger partial charge >= 0.3 is 0 Å². The van der Waals surface area contributed by atoms with E-state index in [0.717, 1.165) is 12.0 Å². The molecule has 0 saturated heterocycles. The van der Waals surface area contributed by atoms with Crippen LogP contribution in [0.2, 0.25) is 0 Å². The quantitative estimate of drug-likeness (QED) is 0.583. The summed E-state index contributed by atoms with van der Waals surface area (Å²) in [6.07, 6.45) is 2.49. The molecule has 6 nitrogen and oxygen atoms in total. The van der Waals surface area contributed by atoms with Crippen molar-refractivity contribution in [2.75, 3.05) is 13.2 Å². The zero-order chi connectivity index (χ0) is 18.2. The van der Waals surface area contributed by atoms with Gasteiger partial charge in [0, 0.05) is 0 Å². The number of benzene rings is 1. The maximum atomic E-state index is 12.1. The van der Waals surface area contributed by atoms with Gasteiger partial charge in [0.1, 0.15) is 11.5 Å².